The Hall–Kier alpha value is -2.25. The SMILES string of the molecule is O=C(Nc1cnc(Oc2ccccc2)nc1)c1cc(Br)cs1. The fourth-order valence-electron chi connectivity index (χ4n) is 1.65. The highest BCUT2D eigenvalue weighted by molar-refractivity contribution is 9.10. The van der Waals surface area contributed by atoms with Gasteiger partial charge in [-0.05, 0) is 34.1 Å². The van der Waals surface area contributed by atoms with Crippen molar-refractivity contribution < 1.29 is 9.53 Å². The van der Waals surface area contributed by atoms with E-state index in [0.29, 0.717) is 16.3 Å². The monoisotopic (exact) mass is 375 g/mol. The van der Waals surface area contributed by atoms with Crippen LogP contribution < -0.4 is 10.1 Å². The maximum atomic E-state index is 12.0. The summed E-state index contributed by atoms with van der Waals surface area (Å²) < 4.78 is 6.37. The van der Waals surface area contributed by atoms with Gasteiger partial charge in [0.2, 0.25) is 0 Å². The average Bonchev–Trinajstić information content (AvgIpc) is 2.97. The number of thiophene rings is 1. The van der Waals surface area contributed by atoms with Crippen LogP contribution in [0.1, 0.15) is 9.67 Å². The summed E-state index contributed by atoms with van der Waals surface area (Å²) in [7, 11) is 0. The average molecular weight is 376 g/mol. The van der Waals surface area contributed by atoms with Crippen LogP contribution in [0, 0.1) is 0 Å². The van der Waals surface area contributed by atoms with E-state index in [1.807, 2.05) is 35.7 Å². The molecule has 1 amide bonds. The molecule has 0 spiro atoms. The lowest BCUT2D eigenvalue weighted by atomic mass is 10.3. The number of rotatable bonds is 4. The first-order chi connectivity index (χ1) is 10.7. The third kappa shape index (κ3) is 3.69. The van der Waals surface area contributed by atoms with Gasteiger partial charge in [-0.1, -0.05) is 18.2 Å². The molecule has 5 nitrogen and oxygen atoms in total. The van der Waals surface area contributed by atoms with E-state index < -0.39 is 0 Å². The molecule has 0 unspecified atom stereocenters. The van der Waals surface area contributed by atoms with Crippen molar-refractivity contribution in [1.29, 1.82) is 0 Å². The van der Waals surface area contributed by atoms with E-state index in [1.165, 1.54) is 23.7 Å². The number of carbonyl (C=O) groups is 1. The first-order valence-electron chi connectivity index (χ1n) is 6.31. The molecule has 0 saturated carbocycles. The molecule has 0 aliphatic carbocycles. The molecule has 22 heavy (non-hydrogen) atoms. The number of aromatic nitrogens is 2. The van der Waals surface area contributed by atoms with E-state index in [-0.39, 0.29) is 11.9 Å². The van der Waals surface area contributed by atoms with Crippen LogP contribution in [0.2, 0.25) is 0 Å². The number of hydrogen-bond acceptors (Lipinski definition) is 5. The number of halogens is 1. The fourth-order valence-corrected chi connectivity index (χ4v) is 2.97. The summed E-state index contributed by atoms with van der Waals surface area (Å²) in [5.74, 6) is 0.457. The fraction of sp³-hybridized carbons (Fsp3) is 0. The number of nitrogens with zero attached hydrogens (tertiary/aromatic N) is 2. The summed E-state index contributed by atoms with van der Waals surface area (Å²) in [6.45, 7) is 0. The molecule has 1 aromatic carbocycles. The predicted molar refractivity (Wildman–Crippen MR) is 88.5 cm³/mol. The highest BCUT2D eigenvalue weighted by Gasteiger charge is 2.09. The molecule has 7 heteroatoms. The van der Waals surface area contributed by atoms with Gasteiger partial charge in [-0.3, -0.25) is 4.79 Å². The van der Waals surface area contributed by atoms with Crippen molar-refractivity contribution in [2.24, 2.45) is 0 Å². The van der Waals surface area contributed by atoms with E-state index in [4.69, 9.17) is 4.74 Å². The molecule has 3 aromatic rings. The van der Waals surface area contributed by atoms with Gasteiger partial charge in [0.1, 0.15) is 5.75 Å². The van der Waals surface area contributed by atoms with Gasteiger partial charge in [-0.25, -0.2) is 9.97 Å². The zero-order valence-electron chi connectivity index (χ0n) is 11.2. The van der Waals surface area contributed by atoms with Crippen LogP contribution in [0.15, 0.2) is 58.6 Å². The van der Waals surface area contributed by atoms with Crippen molar-refractivity contribution in [2.75, 3.05) is 5.32 Å². The van der Waals surface area contributed by atoms with E-state index in [9.17, 15) is 4.79 Å². The molecule has 0 fully saturated rings. The number of para-hydroxylation sites is 1. The Kier molecular flexibility index (Phi) is 4.45. The Morgan fingerprint density at radius 2 is 1.91 bits per heavy atom. The molecular formula is C15H10BrN3O2S. The second kappa shape index (κ2) is 6.67. The summed E-state index contributed by atoms with van der Waals surface area (Å²) in [6, 6.07) is 11.2. The van der Waals surface area contributed by atoms with Crippen LogP contribution in [0.5, 0.6) is 11.8 Å². The molecule has 110 valence electrons. The van der Waals surface area contributed by atoms with Crippen LogP contribution >= 0.6 is 27.3 Å². The highest BCUT2D eigenvalue weighted by Crippen LogP contribution is 2.21. The molecule has 0 saturated heterocycles. The van der Waals surface area contributed by atoms with Crippen LogP contribution in [0.4, 0.5) is 5.69 Å². The van der Waals surface area contributed by atoms with E-state index >= 15 is 0 Å². The third-order valence-corrected chi connectivity index (χ3v) is 4.32. The summed E-state index contributed by atoms with van der Waals surface area (Å²) >= 11 is 4.67. The number of benzene rings is 1. The van der Waals surface area contributed by atoms with Crippen molar-refractivity contribution >= 4 is 38.9 Å². The first kappa shape index (κ1) is 14.7. The Bertz CT molecular complexity index is 775. The maximum Gasteiger partial charge on any atom is 0.322 e. The highest BCUT2D eigenvalue weighted by atomic mass is 79.9. The van der Waals surface area contributed by atoms with Gasteiger partial charge in [0.15, 0.2) is 0 Å². The molecule has 0 bridgehead atoms. The zero-order chi connectivity index (χ0) is 15.4. The van der Waals surface area contributed by atoms with Gasteiger partial charge in [-0.2, -0.15) is 0 Å². The molecular weight excluding hydrogens is 366 g/mol. The Morgan fingerprint density at radius 1 is 1.18 bits per heavy atom. The number of hydrogen-bond donors (Lipinski definition) is 1. The molecule has 3 rings (SSSR count). The smallest absolute Gasteiger partial charge is 0.322 e. The van der Waals surface area contributed by atoms with Crippen LogP contribution in [0.3, 0.4) is 0 Å². The summed E-state index contributed by atoms with van der Waals surface area (Å²) in [5.41, 5.74) is 0.509. The van der Waals surface area contributed by atoms with E-state index in [2.05, 4.69) is 31.2 Å². The van der Waals surface area contributed by atoms with Crippen molar-refractivity contribution in [3.05, 3.63) is 63.5 Å². The van der Waals surface area contributed by atoms with Crippen LogP contribution in [-0.2, 0) is 0 Å². The standard InChI is InChI=1S/C15H10BrN3O2S/c16-10-6-13(22-9-10)14(20)19-11-7-17-15(18-8-11)21-12-4-2-1-3-5-12/h1-9H,(H,19,20). The molecule has 0 atom stereocenters. The number of amides is 1. The van der Waals surface area contributed by atoms with Gasteiger partial charge >= 0.3 is 6.01 Å². The zero-order valence-corrected chi connectivity index (χ0v) is 13.6. The van der Waals surface area contributed by atoms with Crippen LogP contribution in [0.25, 0.3) is 0 Å². The molecule has 0 radical (unpaired) electrons. The number of nitrogens with one attached hydrogen (secondary N) is 1. The van der Waals surface area contributed by atoms with Crippen molar-refractivity contribution in [3.63, 3.8) is 0 Å². The second-order valence-corrected chi connectivity index (χ2v) is 6.08. The molecule has 2 aromatic heterocycles. The minimum absolute atomic E-state index is 0.198. The molecule has 2 heterocycles. The quantitative estimate of drug-likeness (QED) is 0.736. The van der Waals surface area contributed by atoms with E-state index in [1.54, 1.807) is 6.07 Å². The number of carbonyl (C=O) groups excluding carboxylic acids is 1. The summed E-state index contributed by atoms with van der Waals surface area (Å²) in [6.07, 6.45) is 3.01. The minimum Gasteiger partial charge on any atom is -0.424 e. The predicted octanol–water partition coefficient (Wildman–Crippen LogP) is 4.35. The molecule has 0 aliphatic rings. The van der Waals surface area contributed by atoms with Crippen molar-refractivity contribution in [1.82, 2.24) is 9.97 Å². The van der Waals surface area contributed by atoms with E-state index in [0.717, 1.165) is 4.47 Å². The summed E-state index contributed by atoms with van der Waals surface area (Å²) in [4.78, 5) is 20.7. The van der Waals surface area contributed by atoms with Crippen LogP contribution in [-0.4, -0.2) is 15.9 Å². The largest absolute Gasteiger partial charge is 0.424 e. The summed E-state index contributed by atoms with van der Waals surface area (Å²) in [5, 5.41) is 4.58. The molecule has 1 N–H and O–H groups in total. The first-order valence-corrected chi connectivity index (χ1v) is 7.98. The Balaban J connectivity index is 1.65. The lowest BCUT2D eigenvalue weighted by molar-refractivity contribution is 0.103. The lowest BCUT2D eigenvalue weighted by Gasteiger charge is -2.05. The normalized spacial score (nSPS) is 10.2. The van der Waals surface area contributed by atoms with Gasteiger partial charge in [0, 0.05) is 9.85 Å². The maximum absolute atomic E-state index is 12.0. The van der Waals surface area contributed by atoms with Crippen molar-refractivity contribution in [2.45, 2.75) is 0 Å². The second-order valence-electron chi connectivity index (χ2n) is 4.25. The Morgan fingerprint density at radius 3 is 2.55 bits per heavy atom. The Labute approximate surface area is 139 Å². The minimum atomic E-state index is -0.198. The van der Waals surface area contributed by atoms with Gasteiger partial charge in [0.25, 0.3) is 5.91 Å². The van der Waals surface area contributed by atoms with Gasteiger partial charge in [-0.15, -0.1) is 11.3 Å². The lowest BCUT2D eigenvalue weighted by Crippen LogP contribution is -2.10. The number of anilines is 1. The van der Waals surface area contributed by atoms with Crippen molar-refractivity contribution in [3.8, 4) is 11.8 Å². The third-order valence-electron chi connectivity index (χ3n) is 2.63. The number of ether oxygens (including phenoxy) is 1. The molecule has 0 aliphatic heterocycles. The van der Waals surface area contributed by atoms with Gasteiger partial charge < -0.3 is 10.1 Å². The topological polar surface area (TPSA) is 64.1 Å². The van der Waals surface area contributed by atoms with Gasteiger partial charge in [0.05, 0.1) is 23.0 Å².